The number of guanidine groups is 1. The summed E-state index contributed by atoms with van der Waals surface area (Å²) < 4.78 is 0. The van der Waals surface area contributed by atoms with E-state index in [1.807, 2.05) is 0 Å². The summed E-state index contributed by atoms with van der Waals surface area (Å²) in [6.07, 6.45) is 0.891. The smallest absolute Gasteiger partial charge is 0.325 e. The fourth-order valence-corrected chi connectivity index (χ4v) is 5.41. The van der Waals surface area contributed by atoms with Gasteiger partial charge in [0.15, 0.2) is 5.96 Å². The number of nitrogens with zero attached hydrogens (tertiary/aromatic N) is 1. The molecule has 0 spiro atoms. The number of carbonyl (C=O) groups excluding carboxylic acids is 8. The van der Waals surface area contributed by atoms with Crippen molar-refractivity contribution in [1.82, 2.24) is 42.5 Å². The molecule has 8 amide bonds. The van der Waals surface area contributed by atoms with E-state index in [-0.39, 0.29) is 44.7 Å². The van der Waals surface area contributed by atoms with E-state index in [0.29, 0.717) is 11.3 Å². The second kappa shape index (κ2) is 28.0. The number of aliphatic carboxylic acids is 2. The average Bonchev–Trinajstić information content (AvgIpc) is 3.19. The van der Waals surface area contributed by atoms with Crippen LogP contribution in [0.5, 0.6) is 0 Å². The molecule has 25 heteroatoms. The lowest BCUT2D eigenvalue weighted by Gasteiger charge is -2.25. The Hall–Kier alpha value is -6.50. The van der Waals surface area contributed by atoms with Gasteiger partial charge in [0.2, 0.25) is 47.3 Å². The van der Waals surface area contributed by atoms with Crippen LogP contribution >= 0.6 is 11.8 Å². The van der Waals surface area contributed by atoms with E-state index in [9.17, 15) is 53.1 Å². The predicted octanol–water partition coefficient (Wildman–Crippen LogP) is -5.65. The van der Waals surface area contributed by atoms with Gasteiger partial charge in [-0.1, -0.05) is 30.3 Å². The molecule has 60 heavy (non-hydrogen) atoms. The van der Waals surface area contributed by atoms with Crippen molar-refractivity contribution >= 4 is 76.9 Å². The number of carboxylic acids is 2. The van der Waals surface area contributed by atoms with E-state index in [1.54, 1.807) is 36.6 Å². The Morgan fingerprint density at radius 1 is 0.667 bits per heavy atom. The standard InChI is InChI=1S/C35H54N12O12S/c1-19(34(58)59)43-26(49)17-42-31(55)23(13-20-7-4-3-5-8-20)47-32(56)22(10-12-60-2)46-33(57)24(14-29(52)53)45-28(51)18-41-30(54)21(9-6-11-39-35(37)38)44-27(50)16-40-25(48)15-36/h3-5,7-8,19,21-24H,6,9-18,36H2,1-2H3,(H,40,48)(H,41,54)(H,42,55)(H,43,49)(H,44,50)(H,45,51)(H,46,57)(H,47,56)(H,52,53)(H,58,59)(H4,37,38,39)/t19-,21-,22-,23-,24-/m0/s1. The van der Waals surface area contributed by atoms with E-state index >= 15 is 0 Å². The Balaban J connectivity index is 3.12. The van der Waals surface area contributed by atoms with Crippen molar-refractivity contribution in [2.75, 3.05) is 44.7 Å². The third kappa shape index (κ3) is 21.9. The first-order valence-corrected chi connectivity index (χ1v) is 19.8. The van der Waals surface area contributed by atoms with Crippen molar-refractivity contribution in [3.8, 4) is 0 Å². The number of benzene rings is 1. The lowest BCUT2D eigenvalue weighted by molar-refractivity contribution is -0.141. The first-order valence-electron chi connectivity index (χ1n) is 18.4. The molecule has 0 fully saturated rings. The van der Waals surface area contributed by atoms with Gasteiger partial charge < -0.3 is 69.9 Å². The molecule has 16 N–H and O–H groups in total. The quantitative estimate of drug-likeness (QED) is 0.0212. The maximum atomic E-state index is 13.7. The molecular weight excluding hydrogens is 813 g/mol. The van der Waals surface area contributed by atoms with Crippen LogP contribution in [0.3, 0.4) is 0 Å². The zero-order valence-corrected chi connectivity index (χ0v) is 33.9. The molecule has 0 saturated carbocycles. The normalized spacial score (nSPS) is 13.0. The Morgan fingerprint density at radius 3 is 1.73 bits per heavy atom. The number of carbonyl (C=O) groups is 10. The Morgan fingerprint density at radius 2 is 1.18 bits per heavy atom. The molecule has 0 saturated heterocycles. The zero-order chi connectivity index (χ0) is 45.2. The molecule has 5 atom stereocenters. The monoisotopic (exact) mass is 866 g/mol. The molecule has 0 heterocycles. The molecule has 0 bridgehead atoms. The number of rotatable bonds is 28. The van der Waals surface area contributed by atoms with Crippen molar-refractivity contribution in [2.45, 2.75) is 69.2 Å². The lowest BCUT2D eigenvalue weighted by Crippen LogP contribution is -2.58. The minimum atomic E-state index is -1.76. The Kier molecular flexibility index (Phi) is 24.1. The van der Waals surface area contributed by atoms with Crippen LogP contribution in [-0.4, -0.2) is 150 Å². The van der Waals surface area contributed by atoms with Crippen molar-refractivity contribution < 1.29 is 58.2 Å². The summed E-state index contributed by atoms with van der Waals surface area (Å²) in [5.41, 5.74) is 16.5. The second-order valence-corrected chi connectivity index (χ2v) is 13.9. The summed E-state index contributed by atoms with van der Waals surface area (Å²) in [6.45, 7) is -0.981. The summed E-state index contributed by atoms with van der Waals surface area (Å²) >= 11 is 1.31. The zero-order valence-electron chi connectivity index (χ0n) is 33.1. The maximum Gasteiger partial charge on any atom is 0.325 e. The van der Waals surface area contributed by atoms with E-state index in [2.05, 4.69) is 47.5 Å². The summed E-state index contributed by atoms with van der Waals surface area (Å²) in [7, 11) is 0. The second-order valence-electron chi connectivity index (χ2n) is 12.9. The molecule has 1 aromatic rings. The van der Waals surface area contributed by atoms with Gasteiger partial charge in [-0.05, 0) is 43.8 Å². The first kappa shape index (κ1) is 51.5. The van der Waals surface area contributed by atoms with Crippen LogP contribution < -0.4 is 59.7 Å². The van der Waals surface area contributed by atoms with E-state index in [1.165, 1.54) is 18.7 Å². The summed E-state index contributed by atoms with van der Waals surface area (Å²) in [5, 5.41) is 37.2. The van der Waals surface area contributed by atoms with Gasteiger partial charge in [0.05, 0.1) is 32.6 Å². The fraction of sp³-hybridized carbons (Fsp3) is 0.514. The van der Waals surface area contributed by atoms with E-state index in [4.69, 9.17) is 22.3 Å². The van der Waals surface area contributed by atoms with E-state index in [0.717, 1.165) is 0 Å². The summed E-state index contributed by atoms with van der Waals surface area (Å²) in [6, 6.07) is 1.57. The van der Waals surface area contributed by atoms with Crippen LogP contribution in [0, 0.1) is 0 Å². The number of nitrogens with one attached hydrogen (secondary N) is 8. The third-order valence-electron chi connectivity index (χ3n) is 8.01. The van der Waals surface area contributed by atoms with Gasteiger partial charge in [-0.15, -0.1) is 0 Å². The van der Waals surface area contributed by atoms with Gasteiger partial charge in [0.25, 0.3) is 0 Å². The van der Waals surface area contributed by atoms with Gasteiger partial charge in [0, 0.05) is 13.0 Å². The largest absolute Gasteiger partial charge is 0.481 e. The van der Waals surface area contributed by atoms with Crippen molar-refractivity contribution in [3.05, 3.63) is 35.9 Å². The molecule has 1 rings (SSSR count). The first-order chi connectivity index (χ1) is 28.4. The molecule has 332 valence electrons. The van der Waals surface area contributed by atoms with Gasteiger partial charge in [0.1, 0.15) is 30.2 Å². The molecule has 1 aromatic carbocycles. The van der Waals surface area contributed by atoms with Crippen LogP contribution in [-0.2, 0) is 54.4 Å². The lowest BCUT2D eigenvalue weighted by atomic mass is 10.0. The number of nitrogens with two attached hydrogens (primary N) is 3. The minimum absolute atomic E-state index is 0.0100. The van der Waals surface area contributed by atoms with Crippen LogP contribution in [0.25, 0.3) is 0 Å². The highest BCUT2D eigenvalue weighted by Gasteiger charge is 2.31. The highest BCUT2D eigenvalue weighted by Crippen LogP contribution is 2.08. The molecule has 0 aliphatic heterocycles. The van der Waals surface area contributed by atoms with Gasteiger partial charge in [-0.2, -0.15) is 11.8 Å². The molecule has 0 aliphatic carbocycles. The number of carboxylic acid groups (broad SMARTS) is 2. The number of hydrogen-bond donors (Lipinski definition) is 13. The summed E-state index contributed by atoms with van der Waals surface area (Å²) in [5.74, 6) is -9.53. The van der Waals surface area contributed by atoms with Crippen molar-refractivity contribution in [2.24, 2.45) is 22.2 Å². The molecular formula is C35H54N12O12S. The Labute approximate surface area is 349 Å². The highest BCUT2D eigenvalue weighted by atomic mass is 32.2. The number of amides is 8. The fourth-order valence-electron chi connectivity index (χ4n) is 4.94. The SMILES string of the molecule is CSCC[C@H](NC(=O)[C@H](CC(=O)O)NC(=O)CNC(=O)[C@H](CCCN=C(N)N)NC(=O)CNC(=O)CN)C(=O)N[C@@H](Cc1ccccc1)C(=O)NCC(=O)N[C@@H](C)C(=O)O. The predicted molar refractivity (Wildman–Crippen MR) is 216 cm³/mol. The molecule has 0 unspecified atom stereocenters. The van der Waals surface area contributed by atoms with Crippen LogP contribution in [0.4, 0.5) is 0 Å². The molecule has 0 aromatic heterocycles. The highest BCUT2D eigenvalue weighted by molar-refractivity contribution is 7.98. The number of aliphatic imine (C=N–C) groups is 1. The van der Waals surface area contributed by atoms with Gasteiger partial charge in [-0.3, -0.25) is 52.9 Å². The van der Waals surface area contributed by atoms with Gasteiger partial charge in [-0.25, -0.2) is 0 Å². The maximum absolute atomic E-state index is 13.7. The minimum Gasteiger partial charge on any atom is -0.481 e. The van der Waals surface area contributed by atoms with Gasteiger partial charge >= 0.3 is 11.9 Å². The third-order valence-corrected chi connectivity index (χ3v) is 8.66. The van der Waals surface area contributed by atoms with Crippen LogP contribution in [0.15, 0.2) is 35.3 Å². The molecule has 0 aliphatic rings. The average molecular weight is 867 g/mol. The van der Waals surface area contributed by atoms with Crippen molar-refractivity contribution in [3.63, 3.8) is 0 Å². The number of thioether (sulfide) groups is 1. The van der Waals surface area contributed by atoms with Crippen molar-refractivity contribution in [1.29, 1.82) is 0 Å². The number of hydrogen-bond acceptors (Lipinski definition) is 13. The van der Waals surface area contributed by atoms with E-state index < -0.39 is 115 Å². The Bertz CT molecular complexity index is 1700. The molecule has 0 radical (unpaired) electrons. The topological polar surface area (TPSA) is 398 Å². The summed E-state index contributed by atoms with van der Waals surface area (Å²) in [4.78, 5) is 129. The van der Waals surface area contributed by atoms with Crippen LogP contribution in [0.1, 0.15) is 38.2 Å². The molecule has 24 nitrogen and oxygen atoms in total. The van der Waals surface area contributed by atoms with Crippen LogP contribution in [0.2, 0.25) is 0 Å².